The Labute approximate surface area is 117 Å². The second-order valence-electron chi connectivity index (χ2n) is 5.31. The van der Waals surface area contributed by atoms with E-state index in [9.17, 15) is 0 Å². The van der Waals surface area contributed by atoms with E-state index in [0.29, 0.717) is 5.92 Å². The van der Waals surface area contributed by atoms with Gasteiger partial charge >= 0.3 is 0 Å². The summed E-state index contributed by atoms with van der Waals surface area (Å²) in [7, 11) is 0. The first-order chi connectivity index (χ1) is 8.92. The highest BCUT2D eigenvalue weighted by molar-refractivity contribution is 5.72. The summed E-state index contributed by atoms with van der Waals surface area (Å²) in [4.78, 5) is 0. The molecule has 1 nitrogen and oxygen atoms in total. The molecule has 0 bridgehead atoms. The van der Waals surface area contributed by atoms with Crippen molar-refractivity contribution >= 4 is 5.57 Å². The molecule has 0 spiro atoms. The lowest BCUT2D eigenvalue weighted by atomic mass is 9.88. The van der Waals surface area contributed by atoms with Crippen molar-refractivity contribution in [1.29, 1.82) is 5.26 Å². The molecular weight excluding hydrogens is 230 g/mol. The fourth-order valence-corrected chi connectivity index (χ4v) is 2.52. The Morgan fingerprint density at radius 2 is 1.89 bits per heavy atom. The molecule has 1 heteroatoms. The van der Waals surface area contributed by atoms with Crippen LogP contribution in [-0.2, 0) is 0 Å². The topological polar surface area (TPSA) is 23.8 Å². The van der Waals surface area contributed by atoms with E-state index in [1.54, 1.807) is 0 Å². The van der Waals surface area contributed by atoms with Gasteiger partial charge in [-0.1, -0.05) is 37.6 Å². The third kappa shape index (κ3) is 3.35. The fourth-order valence-electron chi connectivity index (χ4n) is 2.52. The first-order valence-electron chi connectivity index (χ1n) is 6.77. The largest absolute Gasteiger partial charge is 0.192 e. The zero-order valence-electron chi connectivity index (χ0n) is 12.8. The third-order valence-electron chi connectivity index (χ3n) is 3.62. The summed E-state index contributed by atoms with van der Waals surface area (Å²) in [6.07, 6.45) is 2.16. The Hall–Kier alpha value is -1.81. The molecule has 0 aliphatic carbocycles. The van der Waals surface area contributed by atoms with Crippen LogP contribution in [0.5, 0.6) is 0 Å². The van der Waals surface area contributed by atoms with Gasteiger partial charge in [-0.05, 0) is 62.0 Å². The summed E-state index contributed by atoms with van der Waals surface area (Å²) in [5.41, 5.74) is 7.03. The molecule has 100 valence electrons. The molecule has 19 heavy (non-hydrogen) atoms. The number of nitrogens with zero attached hydrogens (tertiary/aromatic N) is 1. The Morgan fingerprint density at radius 3 is 2.32 bits per heavy atom. The molecule has 0 atom stereocenters. The molecular formula is C18H23N. The summed E-state index contributed by atoms with van der Waals surface area (Å²) in [6, 6.07) is 8.29. The average molecular weight is 253 g/mol. The molecule has 0 unspecified atom stereocenters. The molecule has 0 aliphatic rings. The van der Waals surface area contributed by atoms with Gasteiger partial charge in [0.1, 0.15) is 0 Å². The number of hydrogen-bond acceptors (Lipinski definition) is 1. The molecule has 0 saturated carbocycles. The number of benzene rings is 1. The van der Waals surface area contributed by atoms with E-state index in [4.69, 9.17) is 5.26 Å². The van der Waals surface area contributed by atoms with Crippen LogP contribution in [0.4, 0.5) is 0 Å². The van der Waals surface area contributed by atoms with Crippen molar-refractivity contribution in [2.75, 3.05) is 0 Å². The van der Waals surface area contributed by atoms with Crippen LogP contribution < -0.4 is 0 Å². The van der Waals surface area contributed by atoms with E-state index in [1.165, 1.54) is 22.3 Å². The third-order valence-corrected chi connectivity index (χ3v) is 3.62. The standard InChI is InChI=1S/C18H23N/c1-7-13(4)18(12(2)3)15(6)16-8-9-17(11-19)14(5)10-16/h7-10,12H,1-6H3. The second kappa shape index (κ2) is 6.38. The maximum Gasteiger partial charge on any atom is 0.0994 e. The Morgan fingerprint density at radius 1 is 1.26 bits per heavy atom. The lowest BCUT2D eigenvalue weighted by molar-refractivity contribution is 0.778. The van der Waals surface area contributed by atoms with Gasteiger partial charge in [0, 0.05) is 0 Å². The van der Waals surface area contributed by atoms with E-state index in [0.717, 1.165) is 11.1 Å². The van der Waals surface area contributed by atoms with Gasteiger partial charge in [0.25, 0.3) is 0 Å². The molecule has 0 amide bonds. The lowest BCUT2D eigenvalue weighted by Gasteiger charge is -2.17. The normalized spacial score (nSPS) is 13.3. The summed E-state index contributed by atoms with van der Waals surface area (Å²) < 4.78 is 0. The van der Waals surface area contributed by atoms with Gasteiger partial charge in [0.15, 0.2) is 0 Å². The monoisotopic (exact) mass is 253 g/mol. The van der Waals surface area contributed by atoms with Gasteiger partial charge in [-0.25, -0.2) is 0 Å². The number of rotatable bonds is 3. The smallest absolute Gasteiger partial charge is 0.0994 e. The van der Waals surface area contributed by atoms with Crippen molar-refractivity contribution in [3.8, 4) is 6.07 Å². The Balaban J connectivity index is 3.42. The first-order valence-corrected chi connectivity index (χ1v) is 6.77. The van der Waals surface area contributed by atoms with Crippen molar-refractivity contribution in [2.24, 2.45) is 5.92 Å². The zero-order chi connectivity index (χ0) is 14.6. The number of nitriles is 1. The molecule has 0 radical (unpaired) electrons. The minimum atomic E-state index is 0.493. The van der Waals surface area contributed by atoms with Crippen LogP contribution in [0.25, 0.3) is 5.57 Å². The second-order valence-corrected chi connectivity index (χ2v) is 5.31. The minimum absolute atomic E-state index is 0.493. The van der Waals surface area contributed by atoms with Crippen molar-refractivity contribution in [3.63, 3.8) is 0 Å². The molecule has 0 fully saturated rings. The van der Waals surface area contributed by atoms with Crippen molar-refractivity contribution in [2.45, 2.75) is 41.5 Å². The maximum absolute atomic E-state index is 9.00. The van der Waals surface area contributed by atoms with E-state index in [1.807, 2.05) is 19.1 Å². The van der Waals surface area contributed by atoms with E-state index < -0.39 is 0 Å². The average Bonchev–Trinajstić information content (AvgIpc) is 2.37. The highest BCUT2D eigenvalue weighted by atomic mass is 14.2. The molecule has 0 saturated heterocycles. The Bertz CT molecular complexity index is 566. The van der Waals surface area contributed by atoms with E-state index in [-0.39, 0.29) is 0 Å². The van der Waals surface area contributed by atoms with Gasteiger partial charge in [-0.15, -0.1) is 0 Å². The van der Waals surface area contributed by atoms with Crippen molar-refractivity contribution in [3.05, 3.63) is 52.1 Å². The maximum atomic E-state index is 9.00. The highest BCUT2D eigenvalue weighted by Gasteiger charge is 2.11. The van der Waals surface area contributed by atoms with Crippen LogP contribution in [0.1, 0.15) is 51.3 Å². The molecule has 1 rings (SSSR count). The molecule has 0 aromatic heterocycles. The van der Waals surface area contributed by atoms with Gasteiger partial charge in [0.2, 0.25) is 0 Å². The number of hydrogen-bond donors (Lipinski definition) is 0. The van der Waals surface area contributed by atoms with Crippen LogP contribution in [-0.4, -0.2) is 0 Å². The van der Waals surface area contributed by atoms with Crippen molar-refractivity contribution in [1.82, 2.24) is 0 Å². The van der Waals surface area contributed by atoms with Gasteiger partial charge < -0.3 is 0 Å². The van der Waals surface area contributed by atoms with Gasteiger partial charge in [-0.3, -0.25) is 0 Å². The van der Waals surface area contributed by atoms with Crippen LogP contribution >= 0.6 is 0 Å². The van der Waals surface area contributed by atoms with Crippen LogP contribution in [0, 0.1) is 24.2 Å². The SMILES string of the molecule is CC=C(C)C(=C(C)c1ccc(C#N)c(C)c1)C(C)C. The minimum Gasteiger partial charge on any atom is -0.192 e. The summed E-state index contributed by atoms with van der Waals surface area (Å²) >= 11 is 0. The van der Waals surface area contributed by atoms with E-state index >= 15 is 0 Å². The van der Waals surface area contributed by atoms with Crippen molar-refractivity contribution < 1.29 is 0 Å². The summed E-state index contributed by atoms with van der Waals surface area (Å²) in [5, 5.41) is 9.00. The number of allylic oxidation sites excluding steroid dienone is 4. The molecule has 0 aliphatic heterocycles. The first kappa shape index (κ1) is 15.2. The molecule has 1 aromatic carbocycles. The van der Waals surface area contributed by atoms with Gasteiger partial charge in [0.05, 0.1) is 11.6 Å². The fraction of sp³-hybridized carbons (Fsp3) is 0.389. The molecule has 1 aromatic rings. The lowest BCUT2D eigenvalue weighted by Crippen LogP contribution is -2.00. The highest BCUT2D eigenvalue weighted by Crippen LogP contribution is 2.29. The number of aryl methyl sites for hydroxylation is 1. The predicted octanol–water partition coefficient (Wildman–Crippen LogP) is 5.26. The summed E-state index contributed by atoms with van der Waals surface area (Å²) in [6.45, 7) is 12.9. The summed E-state index contributed by atoms with van der Waals surface area (Å²) in [5.74, 6) is 0.493. The van der Waals surface area contributed by atoms with Crippen LogP contribution in [0.15, 0.2) is 35.4 Å². The Kier molecular flexibility index (Phi) is 5.12. The zero-order valence-corrected chi connectivity index (χ0v) is 12.8. The molecule has 0 heterocycles. The van der Waals surface area contributed by atoms with Gasteiger partial charge in [-0.2, -0.15) is 5.26 Å². The van der Waals surface area contributed by atoms with E-state index in [2.05, 4.69) is 52.8 Å². The predicted molar refractivity (Wildman–Crippen MR) is 82.8 cm³/mol. The molecule has 0 N–H and O–H groups in total. The van der Waals surface area contributed by atoms with Crippen LogP contribution in [0.3, 0.4) is 0 Å². The quantitative estimate of drug-likeness (QED) is 0.674. The van der Waals surface area contributed by atoms with Crippen LogP contribution in [0.2, 0.25) is 0 Å².